The fraction of sp³-hybridized carbons (Fsp3) is 0.250. The summed E-state index contributed by atoms with van der Waals surface area (Å²) in [6.45, 7) is 5.99. The molecule has 0 saturated carbocycles. The van der Waals surface area contributed by atoms with Gasteiger partial charge in [0.05, 0.1) is 17.4 Å². The number of thiazole rings is 1. The summed E-state index contributed by atoms with van der Waals surface area (Å²) in [5, 5.41) is 10.4. The highest BCUT2D eigenvalue weighted by Crippen LogP contribution is 2.29. The maximum atomic E-state index is 5.22. The smallest absolute Gasteiger partial charge is 0.183 e. The zero-order valence-corrected chi connectivity index (χ0v) is 13.1. The van der Waals surface area contributed by atoms with Gasteiger partial charge in [-0.1, -0.05) is 35.5 Å². The first-order chi connectivity index (χ1) is 10.1. The molecule has 0 radical (unpaired) electrons. The second-order valence-corrected chi connectivity index (χ2v) is 5.87. The number of aryl methyl sites for hydroxylation is 2. The monoisotopic (exact) mass is 299 g/mol. The topological polar surface area (TPSA) is 51.0 Å². The number of anilines is 1. The van der Waals surface area contributed by atoms with Crippen LogP contribution in [0.4, 0.5) is 5.13 Å². The first kappa shape index (κ1) is 13.8. The molecule has 0 aliphatic carbocycles. The van der Waals surface area contributed by atoms with E-state index in [9.17, 15) is 0 Å². The fourth-order valence-corrected chi connectivity index (χ4v) is 3.26. The molecule has 0 amide bonds. The van der Waals surface area contributed by atoms with Gasteiger partial charge in [-0.25, -0.2) is 4.98 Å². The third kappa shape index (κ3) is 2.83. The highest BCUT2D eigenvalue weighted by Gasteiger charge is 2.17. The second-order valence-electron chi connectivity index (χ2n) is 5.01. The largest absolute Gasteiger partial charge is 0.361 e. The average molecular weight is 299 g/mol. The molecule has 1 aromatic carbocycles. The molecule has 1 N–H and O–H groups in total. The molecule has 3 rings (SSSR count). The molecule has 2 heterocycles. The standard InChI is InChI=1S/C16H17N3OS/c1-10(15-11(2)19-20-12(15)3)17-16-18-14(9-21-16)13-7-5-4-6-8-13/h4-10H,1-3H3,(H,17,18). The van der Waals surface area contributed by atoms with Crippen LogP contribution in [0.3, 0.4) is 0 Å². The third-order valence-electron chi connectivity index (χ3n) is 3.44. The average Bonchev–Trinajstić information content (AvgIpc) is 3.07. The van der Waals surface area contributed by atoms with Crippen LogP contribution in [-0.2, 0) is 0 Å². The summed E-state index contributed by atoms with van der Waals surface area (Å²) < 4.78 is 5.22. The number of nitrogens with zero attached hydrogens (tertiary/aromatic N) is 2. The number of hydrogen-bond donors (Lipinski definition) is 1. The van der Waals surface area contributed by atoms with Crippen LogP contribution in [0.15, 0.2) is 40.2 Å². The van der Waals surface area contributed by atoms with E-state index in [2.05, 4.69) is 39.9 Å². The van der Waals surface area contributed by atoms with Gasteiger partial charge in [-0.2, -0.15) is 0 Å². The van der Waals surface area contributed by atoms with Crippen LogP contribution < -0.4 is 5.32 Å². The predicted molar refractivity (Wildman–Crippen MR) is 85.6 cm³/mol. The van der Waals surface area contributed by atoms with E-state index in [-0.39, 0.29) is 6.04 Å². The number of aromatic nitrogens is 2. The van der Waals surface area contributed by atoms with Gasteiger partial charge in [0.25, 0.3) is 0 Å². The molecule has 108 valence electrons. The van der Waals surface area contributed by atoms with Crippen molar-refractivity contribution in [3.8, 4) is 11.3 Å². The van der Waals surface area contributed by atoms with E-state index < -0.39 is 0 Å². The van der Waals surface area contributed by atoms with Crippen LogP contribution in [0.5, 0.6) is 0 Å². The Morgan fingerprint density at radius 1 is 1.19 bits per heavy atom. The lowest BCUT2D eigenvalue weighted by Crippen LogP contribution is -2.08. The molecule has 1 unspecified atom stereocenters. The number of benzene rings is 1. The Kier molecular flexibility index (Phi) is 3.75. The normalized spacial score (nSPS) is 12.3. The van der Waals surface area contributed by atoms with E-state index in [0.29, 0.717) is 0 Å². The van der Waals surface area contributed by atoms with Crippen molar-refractivity contribution in [1.82, 2.24) is 10.1 Å². The summed E-state index contributed by atoms with van der Waals surface area (Å²) in [6.07, 6.45) is 0. The molecular weight excluding hydrogens is 282 g/mol. The van der Waals surface area contributed by atoms with E-state index in [4.69, 9.17) is 4.52 Å². The minimum Gasteiger partial charge on any atom is -0.361 e. The predicted octanol–water partition coefficient (Wildman–Crippen LogP) is 4.59. The maximum Gasteiger partial charge on any atom is 0.183 e. The van der Waals surface area contributed by atoms with E-state index in [1.165, 1.54) is 0 Å². The summed E-state index contributed by atoms with van der Waals surface area (Å²) in [7, 11) is 0. The van der Waals surface area contributed by atoms with Crippen LogP contribution in [0.2, 0.25) is 0 Å². The van der Waals surface area contributed by atoms with Crippen molar-refractivity contribution < 1.29 is 4.52 Å². The number of nitrogens with one attached hydrogen (secondary N) is 1. The SMILES string of the molecule is Cc1noc(C)c1C(C)Nc1nc(-c2ccccc2)cs1. The summed E-state index contributed by atoms with van der Waals surface area (Å²) in [5.41, 5.74) is 4.15. The van der Waals surface area contributed by atoms with E-state index >= 15 is 0 Å². The van der Waals surface area contributed by atoms with Gasteiger partial charge in [0, 0.05) is 16.5 Å². The first-order valence-corrected chi connectivity index (χ1v) is 7.73. The molecular formula is C16H17N3OS. The van der Waals surface area contributed by atoms with Gasteiger partial charge in [0.1, 0.15) is 5.76 Å². The van der Waals surface area contributed by atoms with Crippen LogP contribution in [0, 0.1) is 13.8 Å². The van der Waals surface area contributed by atoms with Gasteiger partial charge in [0.2, 0.25) is 0 Å². The molecule has 4 nitrogen and oxygen atoms in total. The van der Waals surface area contributed by atoms with Crippen LogP contribution in [-0.4, -0.2) is 10.1 Å². The Labute approximate surface area is 127 Å². The zero-order chi connectivity index (χ0) is 14.8. The van der Waals surface area contributed by atoms with E-state index in [0.717, 1.165) is 33.4 Å². The van der Waals surface area contributed by atoms with Crippen molar-refractivity contribution in [3.63, 3.8) is 0 Å². The lowest BCUT2D eigenvalue weighted by molar-refractivity contribution is 0.392. The molecule has 2 aromatic heterocycles. The second kappa shape index (κ2) is 5.69. The summed E-state index contributed by atoms with van der Waals surface area (Å²) >= 11 is 1.61. The fourth-order valence-electron chi connectivity index (χ4n) is 2.45. The summed E-state index contributed by atoms with van der Waals surface area (Å²) in [6, 6.07) is 10.3. The van der Waals surface area contributed by atoms with Crippen molar-refractivity contribution in [2.75, 3.05) is 5.32 Å². The zero-order valence-electron chi connectivity index (χ0n) is 12.3. The van der Waals surface area contributed by atoms with Crippen molar-refractivity contribution in [2.45, 2.75) is 26.8 Å². The van der Waals surface area contributed by atoms with E-state index in [1.54, 1.807) is 11.3 Å². The van der Waals surface area contributed by atoms with Crippen LogP contribution in [0.1, 0.15) is 30.0 Å². The first-order valence-electron chi connectivity index (χ1n) is 6.85. The highest BCUT2D eigenvalue weighted by atomic mass is 32.1. The molecule has 0 fully saturated rings. The quantitative estimate of drug-likeness (QED) is 0.765. The molecule has 0 spiro atoms. The van der Waals surface area contributed by atoms with Crippen LogP contribution in [0.25, 0.3) is 11.3 Å². The van der Waals surface area contributed by atoms with Crippen molar-refractivity contribution >= 4 is 16.5 Å². The molecule has 21 heavy (non-hydrogen) atoms. The summed E-state index contributed by atoms with van der Waals surface area (Å²) in [4.78, 5) is 4.65. The highest BCUT2D eigenvalue weighted by molar-refractivity contribution is 7.14. The third-order valence-corrected chi connectivity index (χ3v) is 4.21. The minimum absolute atomic E-state index is 0.117. The molecule has 0 saturated heterocycles. The van der Waals surface area contributed by atoms with Crippen molar-refractivity contribution in [3.05, 3.63) is 52.7 Å². The molecule has 0 aliphatic rings. The molecule has 0 bridgehead atoms. The minimum atomic E-state index is 0.117. The van der Waals surface area contributed by atoms with Gasteiger partial charge in [-0.3, -0.25) is 0 Å². The lowest BCUT2D eigenvalue weighted by Gasteiger charge is -2.12. The Morgan fingerprint density at radius 3 is 2.62 bits per heavy atom. The number of hydrogen-bond acceptors (Lipinski definition) is 5. The lowest BCUT2D eigenvalue weighted by atomic mass is 10.1. The molecule has 0 aliphatic heterocycles. The van der Waals surface area contributed by atoms with Gasteiger partial charge in [-0.15, -0.1) is 11.3 Å². The summed E-state index contributed by atoms with van der Waals surface area (Å²) in [5.74, 6) is 0.854. The van der Waals surface area contributed by atoms with Crippen molar-refractivity contribution in [2.24, 2.45) is 0 Å². The Morgan fingerprint density at radius 2 is 1.95 bits per heavy atom. The van der Waals surface area contributed by atoms with Gasteiger partial charge < -0.3 is 9.84 Å². The Balaban J connectivity index is 1.79. The maximum absolute atomic E-state index is 5.22. The Bertz CT molecular complexity index is 714. The molecule has 3 aromatic rings. The number of rotatable bonds is 4. The van der Waals surface area contributed by atoms with Gasteiger partial charge >= 0.3 is 0 Å². The van der Waals surface area contributed by atoms with Crippen molar-refractivity contribution in [1.29, 1.82) is 0 Å². The van der Waals surface area contributed by atoms with Gasteiger partial charge in [0.15, 0.2) is 5.13 Å². The van der Waals surface area contributed by atoms with E-state index in [1.807, 2.05) is 32.0 Å². The molecule has 1 atom stereocenters. The van der Waals surface area contributed by atoms with Gasteiger partial charge in [-0.05, 0) is 20.8 Å². The Hall–Kier alpha value is -2.14. The molecule has 5 heteroatoms. The van der Waals surface area contributed by atoms with Crippen LogP contribution >= 0.6 is 11.3 Å².